The Morgan fingerprint density at radius 2 is 1.71 bits per heavy atom. The summed E-state index contributed by atoms with van der Waals surface area (Å²) >= 11 is 0. The lowest BCUT2D eigenvalue weighted by molar-refractivity contribution is -0.131. The highest BCUT2D eigenvalue weighted by atomic mass is 32.2. The highest BCUT2D eigenvalue weighted by Gasteiger charge is 2.33. The van der Waals surface area contributed by atoms with Crippen LogP contribution in [0.2, 0.25) is 0 Å². The number of benzene rings is 1. The summed E-state index contributed by atoms with van der Waals surface area (Å²) in [6.45, 7) is 2.43. The second-order valence-electron chi connectivity index (χ2n) is 8.21. The molecular weight excluding hydrogens is 418 g/mol. The van der Waals surface area contributed by atoms with Crippen molar-refractivity contribution in [3.8, 4) is 5.75 Å². The maximum Gasteiger partial charge on any atom is 0.243 e. The summed E-state index contributed by atoms with van der Waals surface area (Å²) in [5.74, 6) is 0.0764. The number of hydrogen-bond acceptors (Lipinski definition) is 5. The predicted octanol–water partition coefficient (Wildman–Crippen LogP) is 2.00. The molecule has 2 heterocycles. The molecule has 2 aliphatic heterocycles. The largest absolute Gasteiger partial charge is 0.497 e. The molecule has 1 aromatic carbocycles. The highest BCUT2D eigenvalue weighted by molar-refractivity contribution is 7.89. The van der Waals surface area contributed by atoms with E-state index < -0.39 is 15.9 Å². The smallest absolute Gasteiger partial charge is 0.243 e. The zero-order valence-corrected chi connectivity index (χ0v) is 19.0. The predicted molar refractivity (Wildman–Crippen MR) is 117 cm³/mol. The van der Waals surface area contributed by atoms with Gasteiger partial charge in [-0.2, -0.15) is 4.31 Å². The number of nitrogens with zero attached hydrogens (tertiary/aromatic N) is 2. The van der Waals surface area contributed by atoms with Crippen molar-refractivity contribution in [1.29, 1.82) is 0 Å². The van der Waals surface area contributed by atoms with Gasteiger partial charge in [-0.05, 0) is 49.9 Å². The number of piperidine rings is 1. The van der Waals surface area contributed by atoms with Gasteiger partial charge in [-0.25, -0.2) is 8.42 Å². The number of likely N-dealkylation sites (tertiary alicyclic amines) is 1. The molecule has 8 nitrogen and oxygen atoms in total. The van der Waals surface area contributed by atoms with Gasteiger partial charge in [0, 0.05) is 39.1 Å². The molecule has 2 aliphatic rings. The van der Waals surface area contributed by atoms with E-state index in [4.69, 9.17) is 4.74 Å². The van der Waals surface area contributed by atoms with Gasteiger partial charge < -0.3 is 15.0 Å². The molecule has 2 saturated heterocycles. The molecular formula is C22H33N3O5S. The van der Waals surface area contributed by atoms with Gasteiger partial charge in [0.15, 0.2) is 0 Å². The Morgan fingerprint density at radius 3 is 2.35 bits per heavy atom. The Labute approximate surface area is 185 Å². The minimum Gasteiger partial charge on any atom is -0.497 e. The van der Waals surface area contributed by atoms with Crippen LogP contribution in [0.3, 0.4) is 0 Å². The van der Waals surface area contributed by atoms with Gasteiger partial charge in [-0.3, -0.25) is 9.59 Å². The van der Waals surface area contributed by atoms with E-state index in [2.05, 4.69) is 5.32 Å². The summed E-state index contributed by atoms with van der Waals surface area (Å²) in [4.78, 5) is 27.1. The number of carbonyl (C=O) groups excluding carboxylic acids is 2. The lowest BCUT2D eigenvalue weighted by atomic mass is 9.99. The minimum atomic E-state index is -3.67. The third-order valence-corrected chi connectivity index (χ3v) is 7.93. The molecule has 1 aromatic rings. The molecule has 9 heteroatoms. The van der Waals surface area contributed by atoms with Gasteiger partial charge in [0.25, 0.3) is 0 Å². The second-order valence-corrected chi connectivity index (χ2v) is 10.2. The van der Waals surface area contributed by atoms with E-state index >= 15 is 0 Å². The first kappa shape index (κ1) is 23.5. The van der Waals surface area contributed by atoms with E-state index in [1.165, 1.54) is 23.5 Å². The van der Waals surface area contributed by atoms with Crippen LogP contribution in [-0.4, -0.2) is 69.3 Å². The Hall–Kier alpha value is -2.13. The first-order valence-corrected chi connectivity index (χ1v) is 12.6. The SMILES string of the molecule is COc1ccc(S(=O)(=O)N2CCCC(C(=O)NCCC(=O)N3CCCCCC3)C2)cc1. The number of methoxy groups -OCH3 is 1. The quantitative estimate of drug-likeness (QED) is 0.684. The van der Waals surface area contributed by atoms with E-state index in [0.717, 1.165) is 38.8 Å². The molecule has 3 rings (SSSR count). The normalized spacial score (nSPS) is 20.7. The van der Waals surface area contributed by atoms with Crippen LogP contribution in [0, 0.1) is 5.92 Å². The number of hydrogen-bond donors (Lipinski definition) is 1. The van der Waals surface area contributed by atoms with E-state index in [9.17, 15) is 18.0 Å². The van der Waals surface area contributed by atoms with E-state index in [-0.39, 0.29) is 36.2 Å². The van der Waals surface area contributed by atoms with Crippen molar-refractivity contribution in [2.45, 2.75) is 49.8 Å². The number of ether oxygens (including phenoxy) is 1. The van der Waals surface area contributed by atoms with Crippen LogP contribution in [0.1, 0.15) is 44.9 Å². The lowest BCUT2D eigenvalue weighted by Crippen LogP contribution is -2.46. The van der Waals surface area contributed by atoms with E-state index in [0.29, 0.717) is 25.1 Å². The van der Waals surface area contributed by atoms with Gasteiger partial charge in [0.1, 0.15) is 5.75 Å². The standard InChI is InChI=1S/C22H33N3O5S/c1-30-19-8-10-20(11-9-19)31(28,29)25-16-6-7-18(17-25)22(27)23-13-12-21(26)24-14-4-2-3-5-15-24/h8-11,18H,2-7,12-17H2,1H3,(H,23,27). The van der Waals surface area contributed by atoms with Crippen molar-refractivity contribution >= 4 is 21.8 Å². The zero-order valence-electron chi connectivity index (χ0n) is 18.2. The summed E-state index contributed by atoms with van der Waals surface area (Å²) < 4.78 is 32.4. The fraction of sp³-hybridized carbons (Fsp3) is 0.636. The number of rotatable bonds is 7. The summed E-state index contributed by atoms with van der Waals surface area (Å²) in [5, 5.41) is 2.84. The van der Waals surface area contributed by atoms with Gasteiger partial charge in [0.05, 0.1) is 17.9 Å². The Kier molecular flexibility index (Phi) is 8.31. The third-order valence-electron chi connectivity index (χ3n) is 6.05. The van der Waals surface area contributed by atoms with Crippen LogP contribution in [0.25, 0.3) is 0 Å². The summed E-state index contributed by atoms with van der Waals surface area (Å²) in [7, 11) is -2.14. The van der Waals surface area contributed by atoms with Crippen LogP contribution in [0.15, 0.2) is 29.2 Å². The molecule has 0 spiro atoms. The van der Waals surface area contributed by atoms with Crippen molar-refractivity contribution in [3.05, 3.63) is 24.3 Å². The Bertz CT molecular complexity index is 848. The van der Waals surface area contributed by atoms with E-state index in [1.54, 1.807) is 12.1 Å². The molecule has 0 aromatic heterocycles. The highest BCUT2D eigenvalue weighted by Crippen LogP contribution is 2.25. The molecule has 31 heavy (non-hydrogen) atoms. The van der Waals surface area contributed by atoms with Crippen LogP contribution >= 0.6 is 0 Å². The fourth-order valence-electron chi connectivity index (χ4n) is 4.19. The maximum atomic E-state index is 13.0. The average molecular weight is 452 g/mol. The number of nitrogens with one attached hydrogen (secondary N) is 1. The van der Waals surface area contributed by atoms with Crippen LogP contribution in [-0.2, 0) is 19.6 Å². The van der Waals surface area contributed by atoms with Gasteiger partial charge in [-0.15, -0.1) is 0 Å². The van der Waals surface area contributed by atoms with Gasteiger partial charge in [-0.1, -0.05) is 12.8 Å². The molecule has 0 radical (unpaired) electrons. The van der Waals surface area contributed by atoms with Crippen molar-refractivity contribution in [1.82, 2.24) is 14.5 Å². The number of sulfonamides is 1. The Balaban J connectivity index is 1.51. The number of amides is 2. The molecule has 1 unspecified atom stereocenters. The summed E-state index contributed by atoms with van der Waals surface area (Å²) in [6, 6.07) is 6.27. The first-order valence-electron chi connectivity index (χ1n) is 11.1. The molecule has 172 valence electrons. The molecule has 0 bridgehead atoms. The van der Waals surface area contributed by atoms with E-state index in [1.807, 2.05) is 4.90 Å². The molecule has 1 atom stereocenters. The van der Waals surface area contributed by atoms with Crippen molar-refractivity contribution in [2.24, 2.45) is 5.92 Å². The minimum absolute atomic E-state index is 0.0783. The first-order chi connectivity index (χ1) is 14.9. The monoisotopic (exact) mass is 451 g/mol. The van der Waals surface area contributed by atoms with Crippen molar-refractivity contribution in [3.63, 3.8) is 0 Å². The van der Waals surface area contributed by atoms with Crippen LogP contribution < -0.4 is 10.1 Å². The third kappa shape index (κ3) is 6.20. The maximum absolute atomic E-state index is 13.0. The second kappa shape index (κ2) is 10.9. The van der Waals surface area contributed by atoms with Crippen LogP contribution in [0.4, 0.5) is 0 Å². The zero-order chi connectivity index (χ0) is 22.3. The summed E-state index contributed by atoms with van der Waals surface area (Å²) in [5.41, 5.74) is 0. The molecule has 1 N–H and O–H groups in total. The fourth-order valence-corrected chi connectivity index (χ4v) is 5.71. The topological polar surface area (TPSA) is 96.0 Å². The van der Waals surface area contributed by atoms with Gasteiger partial charge in [0.2, 0.25) is 21.8 Å². The average Bonchev–Trinajstić information content (AvgIpc) is 3.09. The number of carbonyl (C=O) groups is 2. The van der Waals surface area contributed by atoms with Crippen molar-refractivity contribution < 1.29 is 22.7 Å². The summed E-state index contributed by atoms with van der Waals surface area (Å²) in [6.07, 6.45) is 5.96. The Morgan fingerprint density at radius 1 is 1.03 bits per heavy atom. The van der Waals surface area contributed by atoms with Crippen LogP contribution in [0.5, 0.6) is 5.75 Å². The molecule has 0 aliphatic carbocycles. The molecule has 0 saturated carbocycles. The molecule has 2 amide bonds. The molecule has 2 fully saturated rings. The van der Waals surface area contributed by atoms with Crippen molar-refractivity contribution in [2.75, 3.05) is 39.8 Å². The van der Waals surface area contributed by atoms with Gasteiger partial charge >= 0.3 is 0 Å². The lowest BCUT2D eigenvalue weighted by Gasteiger charge is -2.31.